The number of nitrogens with zero attached hydrogens (tertiary/aromatic N) is 2. The van der Waals surface area contributed by atoms with Gasteiger partial charge in [0.05, 0.1) is 17.5 Å². The molecule has 25 heavy (non-hydrogen) atoms. The zero-order valence-corrected chi connectivity index (χ0v) is 15.9. The molecule has 2 saturated heterocycles. The van der Waals surface area contributed by atoms with Gasteiger partial charge in [0, 0.05) is 36.3 Å². The van der Waals surface area contributed by atoms with E-state index in [1.807, 2.05) is 13.0 Å². The summed E-state index contributed by atoms with van der Waals surface area (Å²) in [6.07, 6.45) is 2.48. The smallest absolute Gasteiger partial charge is 0.254 e. The van der Waals surface area contributed by atoms with Crippen molar-refractivity contribution in [3.8, 4) is 0 Å². The molecule has 0 radical (unpaired) electrons. The van der Waals surface area contributed by atoms with Gasteiger partial charge in [-0.25, -0.2) is 8.42 Å². The maximum Gasteiger partial charge on any atom is 0.254 e. The first kappa shape index (κ1) is 17.3. The lowest BCUT2D eigenvalue weighted by atomic mass is 10.0. The van der Waals surface area contributed by atoms with Crippen LogP contribution in [-0.2, 0) is 9.84 Å². The van der Waals surface area contributed by atoms with Crippen molar-refractivity contribution < 1.29 is 13.2 Å². The van der Waals surface area contributed by atoms with Crippen LogP contribution in [0.4, 0.5) is 0 Å². The summed E-state index contributed by atoms with van der Waals surface area (Å²) in [7, 11) is -3.10. The predicted molar refractivity (Wildman–Crippen MR) is 97.8 cm³/mol. The van der Waals surface area contributed by atoms with E-state index < -0.39 is 9.84 Å². The first-order valence-electron chi connectivity index (χ1n) is 8.86. The number of fused-ring (bicyclic) bond motifs is 1. The second-order valence-electron chi connectivity index (χ2n) is 7.61. The highest BCUT2D eigenvalue weighted by Gasteiger charge is 2.48. The average Bonchev–Trinajstić information content (AvgIpc) is 3.30. The molecule has 1 amide bonds. The molecule has 1 aromatic rings. The van der Waals surface area contributed by atoms with E-state index in [1.165, 1.54) is 12.8 Å². The van der Waals surface area contributed by atoms with E-state index in [0.717, 1.165) is 18.7 Å². The number of benzene rings is 1. The fraction of sp³-hybridized carbons (Fsp3) is 0.611. The summed E-state index contributed by atoms with van der Waals surface area (Å²) < 4.78 is 24.5. The van der Waals surface area contributed by atoms with Gasteiger partial charge in [-0.05, 0) is 43.4 Å². The molecule has 0 unspecified atom stereocenters. The fourth-order valence-electron chi connectivity index (χ4n) is 4.03. The summed E-state index contributed by atoms with van der Waals surface area (Å²) in [6.45, 7) is 4.19. The second-order valence-corrected chi connectivity index (χ2v) is 10.2. The zero-order valence-electron chi connectivity index (χ0n) is 14.3. The minimum atomic E-state index is -3.10. The Morgan fingerprint density at radius 2 is 1.92 bits per heavy atom. The van der Waals surface area contributed by atoms with Crippen LogP contribution in [0.1, 0.15) is 28.8 Å². The monoisotopic (exact) mass is 382 g/mol. The Balaban J connectivity index is 1.59. The van der Waals surface area contributed by atoms with E-state index in [0.29, 0.717) is 23.0 Å². The molecule has 136 valence electrons. The van der Waals surface area contributed by atoms with E-state index >= 15 is 0 Å². The van der Waals surface area contributed by atoms with Crippen LogP contribution < -0.4 is 0 Å². The number of amides is 1. The molecule has 2 atom stereocenters. The van der Waals surface area contributed by atoms with Crippen molar-refractivity contribution in [1.82, 2.24) is 9.80 Å². The Kier molecular flexibility index (Phi) is 4.33. The van der Waals surface area contributed by atoms with Crippen molar-refractivity contribution in [2.45, 2.75) is 31.8 Å². The number of rotatable bonds is 3. The third kappa shape index (κ3) is 3.44. The summed E-state index contributed by atoms with van der Waals surface area (Å²) in [4.78, 5) is 17.1. The van der Waals surface area contributed by atoms with Crippen LogP contribution >= 0.6 is 11.6 Å². The highest BCUT2D eigenvalue weighted by molar-refractivity contribution is 7.91. The SMILES string of the molecule is Cc1ccc(C(=O)N2CCN(CC3CC3)[C@@H]3CS(=O)(=O)C[C@@H]32)cc1Cl. The predicted octanol–water partition coefficient (Wildman–Crippen LogP) is 1.98. The van der Waals surface area contributed by atoms with Crippen LogP contribution in [0.3, 0.4) is 0 Å². The van der Waals surface area contributed by atoms with Crippen LogP contribution in [0.15, 0.2) is 18.2 Å². The number of carbonyl (C=O) groups is 1. The van der Waals surface area contributed by atoms with Gasteiger partial charge in [0.25, 0.3) is 5.91 Å². The lowest BCUT2D eigenvalue weighted by Gasteiger charge is -2.44. The topological polar surface area (TPSA) is 57.7 Å². The normalized spacial score (nSPS) is 28.8. The van der Waals surface area contributed by atoms with Gasteiger partial charge in [-0.1, -0.05) is 17.7 Å². The molecule has 4 rings (SSSR count). The van der Waals surface area contributed by atoms with Gasteiger partial charge in [-0.15, -0.1) is 0 Å². The molecule has 5 nitrogen and oxygen atoms in total. The van der Waals surface area contributed by atoms with Crippen molar-refractivity contribution >= 4 is 27.3 Å². The van der Waals surface area contributed by atoms with Crippen LogP contribution in [0.2, 0.25) is 5.02 Å². The van der Waals surface area contributed by atoms with Crippen molar-refractivity contribution in [3.05, 3.63) is 34.3 Å². The molecule has 2 heterocycles. The third-order valence-corrected chi connectivity index (χ3v) is 7.77. The molecule has 1 saturated carbocycles. The van der Waals surface area contributed by atoms with E-state index in [-0.39, 0.29) is 29.5 Å². The van der Waals surface area contributed by atoms with E-state index in [9.17, 15) is 13.2 Å². The van der Waals surface area contributed by atoms with Crippen LogP contribution in [-0.4, -0.2) is 67.3 Å². The van der Waals surface area contributed by atoms with Gasteiger partial charge >= 0.3 is 0 Å². The van der Waals surface area contributed by atoms with Gasteiger partial charge in [-0.2, -0.15) is 0 Å². The third-order valence-electron chi connectivity index (χ3n) is 5.66. The molecule has 0 N–H and O–H groups in total. The fourth-order valence-corrected chi connectivity index (χ4v) is 6.22. The van der Waals surface area contributed by atoms with Gasteiger partial charge in [0.2, 0.25) is 0 Å². The van der Waals surface area contributed by atoms with Crippen LogP contribution in [0.5, 0.6) is 0 Å². The van der Waals surface area contributed by atoms with Crippen molar-refractivity contribution in [1.29, 1.82) is 0 Å². The lowest BCUT2D eigenvalue weighted by Crippen LogP contribution is -2.60. The Bertz CT molecular complexity index is 807. The summed E-state index contributed by atoms with van der Waals surface area (Å²) >= 11 is 6.17. The molecule has 3 fully saturated rings. The number of aryl methyl sites for hydroxylation is 1. The van der Waals surface area contributed by atoms with Gasteiger partial charge in [0.15, 0.2) is 9.84 Å². The number of halogens is 1. The molecule has 2 aliphatic heterocycles. The van der Waals surface area contributed by atoms with Gasteiger partial charge in [0.1, 0.15) is 0 Å². The maximum absolute atomic E-state index is 13.0. The summed E-state index contributed by atoms with van der Waals surface area (Å²) in [5.41, 5.74) is 1.46. The minimum absolute atomic E-state index is 0.0655. The molecule has 0 spiro atoms. The quantitative estimate of drug-likeness (QED) is 0.802. The van der Waals surface area contributed by atoms with E-state index in [1.54, 1.807) is 17.0 Å². The average molecular weight is 383 g/mol. The van der Waals surface area contributed by atoms with Crippen molar-refractivity contribution in [3.63, 3.8) is 0 Å². The Hall–Kier alpha value is -1.11. The standard InChI is InChI=1S/C18H23ClN2O3S/c1-12-2-5-14(8-15(12)19)18(22)21-7-6-20(9-13-3-4-13)16-10-25(23,24)11-17(16)21/h2,5,8,13,16-17H,3-4,6-7,9-11H2,1H3/t16-,17+/m1/s1. The first-order chi connectivity index (χ1) is 11.8. The molecular weight excluding hydrogens is 360 g/mol. The highest BCUT2D eigenvalue weighted by atomic mass is 35.5. The summed E-state index contributed by atoms with van der Waals surface area (Å²) in [5, 5.41) is 0.564. The Morgan fingerprint density at radius 3 is 2.60 bits per heavy atom. The molecule has 1 aliphatic carbocycles. The van der Waals surface area contributed by atoms with Gasteiger partial charge < -0.3 is 4.90 Å². The van der Waals surface area contributed by atoms with Crippen molar-refractivity contribution in [2.75, 3.05) is 31.1 Å². The molecule has 7 heteroatoms. The number of piperazine rings is 1. The second kappa shape index (κ2) is 6.25. The molecule has 0 aromatic heterocycles. The maximum atomic E-state index is 13.0. The zero-order chi connectivity index (χ0) is 17.8. The Labute approximate surface area is 153 Å². The lowest BCUT2D eigenvalue weighted by molar-refractivity contribution is 0.0318. The van der Waals surface area contributed by atoms with Gasteiger partial charge in [-0.3, -0.25) is 9.69 Å². The minimum Gasteiger partial charge on any atom is -0.332 e. The van der Waals surface area contributed by atoms with Crippen LogP contribution in [0, 0.1) is 12.8 Å². The number of hydrogen-bond acceptors (Lipinski definition) is 4. The van der Waals surface area contributed by atoms with E-state index in [4.69, 9.17) is 11.6 Å². The number of sulfone groups is 1. The number of carbonyl (C=O) groups excluding carboxylic acids is 1. The Morgan fingerprint density at radius 1 is 1.20 bits per heavy atom. The largest absolute Gasteiger partial charge is 0.332 e. The molecule has 3 aliphatic rings. The molecular formula is C18H23ClN2O3S. The number of hydrogen-bond donors (Lipinski definition) is 0. The van der Waals surface area contributed by atoms with E-state index in [2.05, 4.69) is 4.90 Å². The molecule has 0 bridgehead atoms. The first-order valence-corrected chi connectivity index (χ1v) is 11.1. The van der Waals surface area contributed by atoms with Crippen molar-refractivity contribution in [2.24, 2.45) is 5.92 Å². The summed E-state index contributed by atoms with van der Waals surface area (Å²) in [6, 6.07) is 4.99. The van der Waals surface area contributed by atoms with Crippen LogP contribution in [0.25, 0.3) is 0 Å². The summed E-state index contributed by atoms with van der Waals surface area (Å²) in [5.74, 6) is 0.842. The molecule has 1 aromatic carbocycles. The highest BCUT2D eigenvalue weighted by Crippen LogP contribution is 2.34.